The lowest BCUT2D eigenvalue weighted by Gasteiger charge is -2.11. The predicted octanol–water partition coefficient (Wildman–Crippen LogP) is 3.70. The summed E-state index contributed by atoms with van der Waals surface area (Å²) in [5.74, 6) is -2.12. The van der Waals surface area contributed by atoms with Crippen LogP contribution in [0.2, 0.25) is 5.02 Å². The van der Waals surface area contributed by atoms with Gasteiger partial charge in [-0.1, -0.05) is 23.7 Å². The van der Waals surface area contributed by atoms with Crippen LogP contribution in [0.5, 0.6) is 0 Å². The van der Waals surface area contributed by atoms with Crippen molar-refractivity contribution in [3.8, 4) is 11.3 Å². The monoisotopic (exact) mass is 434 g/mol. The van der Waals surface area contributed by atoms with Crippen LogP contribution >= 0.6 is 11.6 Å². The topological polar surface area (TPSA) is 97.4 Å². The first-order chi connectivity index (χ1) is 13.8. The molecule has 6 nitrogen and oxygen atoms in total. The second-order valence-electron chi connectivity index (χ2n) is 6.25. The predicted molar refractivity (Wildman–Crippen MR) is 106 cm³/mol. The van der Waals surface area contributed by atoms with E-state index in [1.807, 2.05) is 10.8 Å². The van der Waals surface area contributed by atoms with Crippen LogP contribution in [0.15, 0.2) is 58.4 Å². The number of hydrogen-bond donors (Lipinski definition) is 2. The van der Waals surface area contributed by atoms with Gasteiger partial charge in [0, 0.05) is 11.1 Å². The van der Waals surface area contributed by atoms with Gasteiger partial charge in [-0.2, -0.15) is 0 Å². The molecule has 148 valence electrons. The summed E-state index contributed by atoms with van der Waals surface area (Å²) in [6.07, 6.45) is 0. The number of aliphatic imine (C=N–C) groups is 1. The van der Waals surface area contributed by atoms with E-state index in [2.05, 4.69) is 9.98 Å². The Morgan fingerprint density at radius 3 is 2.66 bits per heavy atom. The van der Waals surface area contributed by atoms with E-state index < -0.39 is 27.3 Å². The summed E-state index contributed by atoms with van der Waals surface area (Å²) in [6.45, 7) is 0.460. The van der Waals surface area contributed by atoms with Gasteiger partial charge in [-0.15, -0.1) is 0 Å². The first-order valence-corrected chi connectivity index (χ1v) is 10.2. The number of halogens is 3. The SMILES string of the molecule is NC1=NCc2ccc(-c3ccc(S(=O)(=O)Nc4cccc(F)c4F)cc3Cl)nc21. The minimum Gasteiger partial charge on any atom is -0.382 e. The maximum atomic E-state index is 13.8. The second kappa shape index (κ2) is 7.09. The molecule has 4 rings (SSSR count). The molecule has 0 unspecified atom stereocenters. The van der Waals surface area contributed by atoms with Gasteiger partial charge in [0.05, 0.1) is 27.8 Å². The standard InChI is InChI=1S/C19H13ClF2N4O2S/c20-13-8-11(29(27,28)26-16-3-1-2-14(21)17(16)22)5-6-12(13)15-7-4-10-9-24-19(23)18(10)25-15/h1-8,26H,9H2,(H2,23,24). The molecule has 0 aliphatic carbocycles. The maximum absolute atomic E-state index is 13.8. The van der Waals surface area contributed by atoms with Crippen LogP contribution < -0.4 is 10.5 Å². The number of hydrogen-bond acceptors (Lipinski definition) is 5. The molecule has 1 aromatic heterocycles. The van der Waals surface area contributed by atoms with Gasteiger partial charge < -0.3 is 5.73 Å². The summed E-state index contributed by atoms with van der Waals surface area (Å²) < 4.78 is 54.3. The number of benzene rings is 2. The van der Waals surface area contributed by atoms with Crippen molar-refractivity contribution in [1.29, 1.82) is 0 Å². The van der Waals surface area contributed by atoms with Crippen molar-refractivity contribution in [2.24, 2.45) is 10.7 Å². The van der Waals surface area contributed by atoms with Crippen molar-refractivity contribution in [1.82, 2.24) is 4.98 Å². The normalized spacial score (nSPS) is 13.1. The second-order valence-corrected chi connectivity index (χ2v) is 8.34. The minimum absolute atomic E-state index is 0.119. The van der Waals surface area contributed by atoms with Gasteiger partial charge in [-0.3, -0.25) is 9.71 Å². The van der Waals surface area contributed by atoms with Crippen LogP contribution in [0.4, 0.5) is 14.5 Å². The molecule has 10 heteroatoms. The van der Waals surface area contributed by atoms with Crippen LogP contribution in [0.1, 0.15) is 11.3 Å². The van der Waals surface area contributed by atoms with Crippen molar-refractivity contribution in [3.05, 3.63) is 76.4 Å². The Kier molecular flexibility index (Phi) is 4.71. The summed E-state index contributed by atoms with van der Waals surface area (Å²) in [5, 5.41) is 0.119. The van der Waals surface area contributed by atoms with E-state index >= 15 is 0 Å². The third-order valence-electron chi connectivity index (χ3n) is 4.36. The molecule has 0 radical (unpaired) electrons. The Morgan fingerprint density at radius 1 is 1.10 bits per heavy atom. The molecular formula is C19H13ClF2N4O2S. The first-order valence-electron chi connectivity index (χ1n) is 8.33. The molecule has 1 aliphatic heterocycles. The lowest BCUT2D eigenvalue weighted by atomic mass is 10.1. The molecule has 2 aromatic carbocycles. The van der Waals surface area contributed by atoms with E-state index in [0.29, 0.717) is 29.3 Å². The Labute approximate surface area is 170 Å². The minimum atomic E-state index is -4.19. The van der Waals surface area contributed by atoms with E-state index in [1.165, 1.54) is 24.3 Å². The molecule has 0 saturated carbocycles. The largest absolute Gasteiger partial charge is 0.382 e. The highest BCUT2D eigenvalue weighted by molar-refractivity contribution is 7.92. The van der Waals surface area contributed by atoms with Gasteiger partial charge in [-0.25, -0.2) is 22.2 Å². The zero-order valence-electron chi connectivity index (χ0n) is 14.7. The Hall–Kier alpha value is -3.04. The third kappa shape index (κ3) is 3.54. The number of sulfonamides is 1. The van der Waals surface area contributed by atoms with E-state index in [1.54, 1.807) is 6.07 Å². The van der Waals surface area contributed by atoms with Crippen molar-refractivity contribution in [2.45, 2.75) is 11.4 Å². The lowest BCUT2D eigenvalue weighted by Crippen LogP contribution is -2.14. The van der Waals surface area contributed by atoms with Crippen LogP contribution in [0, 0.1) is 11.6 Å². The number of amidine groups is 1. The van der Waals surface area contributed by atoms with Gasteiger partial charge >= 0.3 is 0 Å². The van der Waals surface area contributed by atoms with Crippen molar-refractivity contribution >= 4 is 33.1 Å². The van der Waals surface area contributed by atoms with Gasteiger partial charge in [0.2, 0.25) is 0 Å². The van der Waals surface area contributed by atoms with Crippen LogP contribution in [-0.4, -0.2) is 19.2 Å². The Morgan fingerprint density at radius 2 is 1.90 bits per heavy atom. The average Bonchev–Trinajstić information content (AvgIpc) is 3.05. The zero-order chi connectivity index (χ0) is 20.8. The van der Waals surface area contributed by atoms with Gasteiger partial charge in [0.25, 0.3) is 10.0 Å². The Bertz CT molecular complexity index is 1280. The summed E-state index contributed by atoms with van der Waals surface area (Å²) in [7, 11) is -4.19. The fourth-order valence-corrected chi connectivity index (χ4v) is 4.32. The van der Waals surface area contributed by atoms with E-state index in [0.717, 1.165) is 17.7 Å². The van der Waals surface area contributed by atoms with E-state index in [9.17, 15) is 17.2 Å². The highest BCUT2D eigenvalue weighted by Gasteiger charge is 2.21. The average molecular weight is 435 g/mol. The summed E-state index contributed by atoms with van der Waals surface area (Å²) in [4.78, 5) is 8.35. The molecule has 1 aliphatic rings. The van der Waals surface area contributed by atoms with E-state index in [4.69, 9.17) is 17.3 Å². The summed E-state index contributed by atoms with van der Waals surface area (Å²) in [5.41, 5.74) is 7.77. The molecule has 2 heterocycles. The first kappa shape index (κ1) is 19.3. The molecule has 3 aromatic rings. The number of nitrogens with one attached hydrogen (secondary N) is 1. The van der Waals surface area contributed by atoms with E-state index in [-0.39, 0.29) is 9.92 Å². The molecule has 3 N–H and O–H groups in total. The number of anilines is 1. The van der Waals surface area contributed by atoms with Gasteiger partial charge in [0.1, 0.15) is 11.5 Å². The smallest absolute Gasteiger partial charge is 0.262 e. The zero-order valence-corrected chi connectivity index (χ0v) is 16.2. The Balaban J connectivity index is 1.68. The highest BCUT2D eigenvalue weighted by Crippen LogP contribution is 2.31. The quantitative estimate of drug-likeness (QED) is 0.654. The van der Waals surface area contributed by atoms with Gasteiger partial charge in [0.15, 0.2) is 11.6 Å². The number of nitrogens with zero attached hydrogens (tertiary/aromatic N) is 2. The van der Waals surface area contributed by atoms with Crippen LogP contribution in [0.3, 0.4) is 0 Å². The molecule has 0 bridgehead atoms. The molecular weight excluding hydrogens is 422 g/mol. The number of nitrogens with two attached hydrogens (primary N) is 1. The fraction of sp³-hybridized carbons (Fsp3) is 0.0526. The maximum Gasteiger partial charge on any atom is 0.262 e. The number of rotatable bonds is 4. The molecule has 0 atom stereocenters. The lowest BCUT2D eigenvalue weighted by molar-refractivity contribution is 0.511. The number of fused-ring (bicyclic) bond motifs is 1. The van der Waals surface area contributed by atoms with Crippen LogP contribution in [-0.2, 0) is 16.6 Å². The molecule has 0 fully saturated rings. The third-order valence-corrected chi connectivity index (χ3v) is 6.04. The van der Waals surface area contributed by atoms with Gasteiger partial charge in [-0.05, 0) is 36.4 Å². The van der Waals surface area contributed by atoms with Crippen molar-refractivity contribution in [3.63, 3.8) is 0 Å². The fourth-order valence-electron chi connectivity index (χ4n) is 2.89. The summed E-state index contributed by atoms with van der Waals surface area (Å²) >= 11 is 6.29. The molecule has 29 heavy (non-hydrogen) atoms. The molecule has 0 saturated heterocycles. The summed E-state index contributed by atoms with van der Waals surface area (Å²) in [6, 6.07) is 10.8. The number of pyridine rings is 1. The molecule has 0 amide bonds. The van der Waals surface area contributed by atoms with Crippen LogP contribution in [0.25, 0.3) is 11.3 Å². The number of aromatic nitrogens is 1. The van der Waals surface area contributed by atoms with Crippen molar-refractivity contribution in [2.75, 3.05) is 4.72 Å². The highest BCUT2D eigenvalue weighted by atomic mass is 35.5. The molecule has 0 spiro atoms. The van der Waals surface area contributed by atoms with Crippen molar-refractivity contribution < 1.29 is 17.2 Å².